The summed E-state index contributed by atoms with van der Waals surface area (Å²) in [5, 5.41) is 8.41. The van der Waals surface area contributed by atoms with Gasteiger partial charge < -0.3 is 0 Å². The molecule has 142 valence electrons. The molecule has 0 unspecified atom stereocenters. The first-order chi connectivity index (χ1) is 14.2. The molecule has 29 heavy (non-hydrogen) atoms. The number of aromatic nitrogens is 3. The highest BCUT2D eigenvalue weighted by Gasteiger charge is 2.10. The zero-order valence-electron chi connectivity index (χ0n) is 15.4. The second-order valence-electron chi connectivity index (χ2n) is 6.30. The predicted octanol–water partition coefficient (Wildman–Crippen LogP) is 5.71. The Bertz CT molecular complexity index is 1140. The van der Waals surface area contributed by atoms with E-state index in [1.165, 1.54) is 0 Å². The average Bonchev–Trinajstić information content (AvgIpc) is 3.24. The van der Waals surface area contributed by atoms with Gasteiger partial charge in [-0.15, -0.1) is 5.10 Å². The van der Waals surface area contributed by atoms with E-state index >= 15 is 0 Å². The minimum Gasteiger partial charge on any atom is -0.284 e. The summed E-state index contributed by atoms with van der Waals surface area (Å²) in [5.74, 6) is 0. The molecule has 3 aromatic carbocycles. The van der Waals surface area contributed by atoms with Crippen molar-refractivity contribution in [1.82, 2.24) is 15.1 Å². The van der Waals surface area contributed by atoms with Crippen LogP contribution in [0, 0.1) is 0 Å². The maximum Gasteiger partial charge on any atom is 0.115 e. The van der Waals surface area contributed by atoms with Gasteiger partial charge in [0.05, 0.1) is 11.1 Å². The lowest BCUT2D eigenvalue weighted by atomic mass is 9.99. The van der Waals surface area contributed by atoms with Crippen molar-refractivity contribution >= 4 is 38.6 Å². The summed E-state index contributed by atoms with van der Waals surface area (Å²) in [6.45, 7) is 0. The van der Waals surface area contributed by atoms with E-state index in [1.807, 2.05) is 97.3 Å². The van der Waals surface area contributed by atoms with Crippen molar-refractivity contribution in [3.63, 3.8) is 0 Å². The highest BCUT2D eigenvalue weighted by Crippen LogP contribution is 2.21. The van der Waals surface area contributed by atoms with E-state index in [1.54, 1.807) is 4.79 Å². The SMILES string of the molecule is S=C(/C(=C\Nn1cc(-c2ccc(Br)cc2)nn1)c1ccccc1)c1ccccc1. The van der Waals surface area contributed by atoms with Gasteiger partial charge in [0.15, 0.2) is 0 Å². The molecule has 0 radical (unpaired) electrons. The Hall–Kier alpha value is -3.09. The van der Waals surface area contributed by atoms with Gasteiger partial charge in [-0.05, 0) is 28.5 Å². The largest absolute Gasteiger partial charge is 0.284 e. The van der Waals surface area contributed by atoms with Crippen LogP contribution in [0.2, 0.25) is 0 Å². The van der Waals surface area contributed by atoms with Crippen LogP contribution in [0.1, 0.15) is 11.1 Å². The van der Waals surface area contributed by atoms with E-state index in [-0.39, 0.29) is 0 Å². The fourth-order valence-corrected chi connectivity index (χ4v) is 3.43. The van der Waals surface area contributed by atoms with E-state index in [0.29, 0.717) is 0 Å². The van der Waals surface area contributed by atoms with Gasteiger partial charge in [0.25, 0.3) is 0 Å². The van der Waals surface area contributed by atoms with E-state index in [9.17, 15) is 0 Å². The fraction of sp³-hybridized carbons (Fsp3) is 0. The molecule has 0 aliphatic carbocycles. The van der Waals surface area contributed by atoms with Crippen LogP contribution in [0.4, 0.5) is 0 Å². The van der Waals surface area contributed by atoms with Crippen LogP contribution >= 0.6 is 28.1 Å². The Labute approximate surface area is 183 Å². The Morgan fingerprint density at radius 2 is 1.48 bits per heavy atom. The Morgan fingerprint density at radius 1 is 0.862 bits per heavy atom. The molecule has 1 N–H and O–H groups in total. The fourth-order valence-electron chi connectivity index (χ4n) is 2.85. The highest BCUT2D eigenvalue weighted by molar-refractivity contribution is 9.10. The number of benzene rings is 3. The molecule has 0 fully saturated rings. The Kier molecular flexibility index (Phi) is 5.93. The van der Waals surface area contributed by atoms with Crippen molar-refractivity contribution in [3.8, 4) is 11.3 Å². The maximum atomic E-state index is 5.78. The van der Waals surface area contributed by atoms with Gasteiger partial charge in [0.2, 0.25) is 0 Å². The standard InChI is InChI=1S/C23H17BrN4S/c24-20-13-11-18(12-14-20)22-16-28(27-26-22)25-15-21(17-7-3-1-4-8-17)23(29)19-9-5-2-6-10-19/h1-16,25H/b21-15-. The van der Waals surface area contributed by atoms with Gasteiger partial charge in [0, 0.05) is 21.8 Å². The van der Waals surface area contributed by atoms with Crippen LogP contribution < -0.4 is 5.43 Å². The maximum absolute atomic E-state index is 5.78. The molecule has 1 heterocycles. The van der Waals surface area contributed by atoms with E-state index in [0.717, 1.165) is 37.3 Å². The van der Waals surface area contributed by atoms with Crippen LogP contribution in [-0.2, 0) is 0 Å². The first kappa shape index (κ1) is 19.2. The first-order valence-electron chi connectivity index (χ1n) is 9.01. The summed E-state index contributed by atoms with van der Waals surface area (Å²) in [6.07, 6.45) is 3.71. The number of hydrogen-bond donors (Lipinski definition) is 1. The van der Waals surface area contributed by atoms with Crippen molar-refractivity contribution in [2.45, 2.75) is 0 Å². The van der Waals surface area contributed by atoms with Crippen molar-refractivity contribution in [3.05, 3.63) is 113 Å². The molecule has 1 aromatic heterocycles. The van der Waals surface area contributed by atoms with Gasteiger partial charge in [-0.3, -0.25) is 5.43 Å². The van der Waals surface area contributed by atoms with Crippen LogP contribution in [0.25, 0.3) is 16.8 Å². The lowest BCUT2D eigenvalue weighted by molar-refractivity contribution is 0.742. The first-order valence-corrected chi connectivity index (χ1v) is 10.2. The summed E-state index contributed by atoms with van der Waals surface area (Å²) in [4.78, 5) is 2.34. The van der Waals surface area contributed by atoms with Crippen LogP contribution in [0.15, 0.2) is 102 Å². The third-order valence-electron chi connectivity index (χ3n) is 4.34. The topological polar surface area (TPSA) is 42.7 Å². The summed E-state index contributed by atoms with van der Waals surface area (Å²) in [6, 6.07) is 28.0. The third-order valence-corrected chi connectivity index (χ3v) is 5.32. The van der Waals surface area contributed by atoms with Gasteiger partial charge in [-0.1, -0.05) is 101 Å². The lowest BCUT2D eigenvalue weighted by Crippen LogP contribution is -2.12. The molecular formula is C23H17BrN4S. The van der Waals surface area contributed by atoms with Crippen molar-refractivity contribution in [1.29, 1.82) is 0 Å². The molecular weight excluding hydrogens is 444 g/mol. The minimum absolute atomic E-state index is 0.762. The number of nitrogens with zero attached hydrogens (tertiary/aromatic N) is 3. The molecule has 4 nitrogen and oxygen atoms in total. The number of allylic oxidation sites excluding steroid dienone is 1. The van der Waals surface area contributed by atoms with Gasteiger partial charge in [0.1, 0.15) is 5.69 Å². The van der Waals surface area contributed by atoms with Crippen LogP contribution in [-0.4, -0.2) is 20.0 Å². The second-order valence-corrected chi connectivity index (χ2v) is 7.63. The molecule has 0 spiro atoms. The molecule has 0 atom stereocenters. The van der Waals surface area contributed by atoms with Crippen molar-refractivity contribution in [2.75, 3.05) is 5.43 Å². The molecule has 0 aliphatic rings. The Morgan fingerprint density at radius 3 is 2.14 bits per heavy atom. The number of rotatable bonds is 6. The van der Waals surface area contributed by atoms with E-state index in [4.69, 9.17) is 12.2 Å². The summed E-state index contributed by atoms with van der Waals surface area (Å²) < 4.78 is 1.02. The molecule has 0 saturated carbocycles. The normalized spacial score (nSPS) is 11.3. The minimum atomic E-state index is 0.762. The molecule has 6 heteroatoms. The summed E-state index contributed by atoms with van der Waals surface area (Å²) >= 11 is 9.22. The monoisotopic (exact) mass is 460 g/mol. The van der Waals surface area contributed by atoms with E-state index < -0.39 is 0 Å². The van der Waals surface area contributed by atoms with Crippen molar-refractivity contribution in [2.24, 2.45) is 0 Å². The smallest absolute Gasteiger partial charge is 0.115 e. The van der Waals surface area contributed by atoms with Crippen LogP contribution in [0.3, 0.4) is 0 Å². The van der Waals surface area contributed by atoms with Gasteiger partial charge in [-0.2, -0.15) is 4.79 Å². The number of hydrogen-bond acceptors (Lipinski definition) is 4. The quantitative estimate of drug-likeness (QED) is 0.227. The van der Waals surface area contributed by atoms with Gasteiger partial charge in [-0.25, -0.2) is 0 Å². The Balaban J connectivity index is 1.62. The van der Waals surface area contributed by atoms with Crippen molar-refractivity contribution < 1.29 is 0 Å². The van der Waals surface area contributed by atoms with Gasteiger partial charge >= 0.3 is 0 Å². The zero-order chi connectivity index (χ0) is 20.1. The lowest BCUT2D eigenvalue weighted by Gasteiger charge is -2.11. The third kappa shape index (κ3) is 4.67. The number of halogens is 1. The number of nitrogens with one attached hydrogen (secondary N) is 1. The molecule has 4 rings (SSSR count). The summed E-state index contributed by atoms with van der Waals surface area (Å²) in [7, 11) is 0. The number of thiocarbonyl (C=S) groups is 1. The predicted molar refractivity (Wildman–Crippen MR) is 125 cm³/mol. The van der Waals surface area contributed by atoms with Crippen LogP contribution in [0.5, 0.6) is 0 Å². The molecule has 0 amide bonds. The average molecular weight is 461 g/mol. The zero-order valence-corrected chi connectivity index (χ0v) is 17.8. The summed E-state index contributed by atoms with van der Waals surface area (Å²) in [5.41, 5.74) is 7.89. The second kappa shape index (κ2) is 8.94. The molecule has 0 aliphatic heterocycles. The van der Waals surface area contributed by atoms with E-state index in [2.05, 4.69) is 31.7 Å². The molecule has 0 saturated heterocycles. The highest BCUT2D eigenvalue weighted by atomic mass is 79.9. The molecule has 4 aromatic rings. The molecule has 0 bridgehead atoms.